The summed E-state index contributed by atoms with van der Waals surface area (Å²) in [6.45, 7) is 7.22. The Hall–Kier alpha value is -0.830. The first-order valence-electron chi connectivity index (χ1n) is 3.24. The fourth-order valence-electron chi connectivity index (χ4n) is 0.720. The third-order valence-electron chi connectivity index (χ3n) is 1.39. The van der Waals surface area contributed by atoms with Crippen molar-refractivity contribution in [3.63, 3.8) is 0 Å². The zero-order valence-electron chi connectivity index (χ0n) is 7.52. The van der Waals surface area contributed by atoms with Gasteiger partial charge in [0.05, 0.1) is 12.5 Å². The summed E-state index contributed by atoms with van der Waals surface area (Å²) in [5, 5.41) is 0. The Morgan fingerprint density at radius 1 is 1.64 bits per heavy atom. The number of hydrogen-bond acceptors (Lipinski definition) is 3. The van der Waals surface area contributed by atoms with Gasteiger partial charge in [0.15, 0.2) is 0 Å². The molecule has 0 radical (unpaired) electrons. The quantitative estimate of drug-likeness (QED) is 0.505. The molecule has 0 unspecified atom stereocenters. The van der Waals surface area contributed by atoms with E-state index in [1.165, 1.54) is 7.11 Å². The van der Waals surface area contributed by atoms with E-state index in [0.29, 0.717) is 6.42 Å². The van der Waals surface area contributed by atoms with Gasteiger partial charge in [0.1, 0.15) is 0 Å². The molecule has 0 saturated heterocycles. The largest absolute Gasteiger partial charge is 0.469 e. The van der Waals surface area contributed by atoms with Crippen LogP contribution in [0.5, 0.6) is 0 Å². The van der Waals surface area contributed by atoms with Crippen LogP contribution in [0, 0.1) is 5.41 Å². The maximum atomic E-state index is 11.0. The van der Waals surface area contributed by atoms with Crippen LogP contribution in [0.25, 0.3) is 0 Å². The summed E-state index contributed by atoms with van der Waals surface area (Å²) in [5.41, 5.74) is -0.420. The van der Waals surface area contributed by atoms with Crippen molar-refractivity contribution in [2.24, 2.45) is 5.41 Å². The third-order valence-corrected chi connectivity index (χ3v) is 1.39. The van der Waals surface area contributed by atoms with Crippen LogP contribution in [0.1, 0.15) is 20.3 Å². The molecule has 3 N–H and O–H groups in total. The standard InChI is InChI=1S/C8H14O2.H3N/c1-5-6-8(2,3)7(9)10-4;/h5H,1,6H2,2-4H3;1H3. The van der Waals surface area contributed by atoms with Crippen molar-refractivity contribution in [2.45, 2.75) is 20.3 Å². The third kappa shape index (κ3) is 3.78. The molecule has 0 spiro atoms. The molecule has 0 aliphatic rings. The van der Waals surface area contributed by atoms with E-state index in [2.05, 4.69) is 11.3 Å². The van der Waals surface area contributed by atoms with Crippen LogP contribution in [-0.2, 0) is 9.53 Å². The minimum atomic E-state index is -0.420. The van der Waals surface area contributed by atoms with Crippen molar-refractivity contribution in [2.75, 3.05) is 7.11 Å². The first kappa shape index (κ1) is 12.8. The van der Waals surface area contributed by atoms with Crippen molar-refractivity contribution in [3.8, 4) is 0 Å². The summed E-state index contributed by atoms with van der Waals surface area (Å²) in [6, 6.07) is 0. The first-order valence-corrected chi connectivity index (χ1v) is 3.24. The predicted molar refractivity (Wildman–Crippen MR) is 45.6 cm³/mol. The average Bonchev–Trinajstić information content (AvgIpc) is 1.86. The van der Waals surface area contributed by atoms with Crippen LogP contribution in [0.2, 0.25) is 0 Å². The molecule has 66 valence electrons. The molecule has 3 heteroatoms. The molecule has 0 heterocycles. The highest BCUT2D eigenvalue weighted by molar-refractivity contribution is 5.75. The Morgan fingerprint density at radius 2 is 2.09 bits per heavy atom. The Labute approximate surface area is 68.0 Å². The maximum absolute atomic E-state index is 11.0. The number of methoxy groups -OCH3 is 1. The zero-order valence-corrected chi connectivity index (χ0v) is 7.52. The molecule has 0 rings (SSSR count). The van der Waals surface area contributed by atoms with Gasteiger partial charge in [0, 0.05) is 0 Å². The molecule has 0 aromatic carbocycles. The van der Waals surface area contributed by atoms with E-state index in [0.717, 1.165) is 0 Å². The highest BCUT2D eigenvalue weighted by Crippen LogP contribution is 2.21. The van der Waals surface area contributed by atoms with Crippen LogP contribution in [-0.4, -0.2) is 13.1 Å². The van der Waals surface area contributed by atoms with Crippen LogP contribution in [0.4, 0.5) is 0 Å². The van der Waals surface area contributed by atoms with Crippen molar-refractivity contribution in [3.05, 3.63) is 12.7 Å². The van der Waals surface area contributed by atoms with E-state index < -0.39 is 5.41 Å². The zero-order chi connectivity index (χ0) is 8.20. The minimum absolute atomic E-state index is 0. The minimum Gasteiger partial charge on any atom is -0.469 e. The fraction of sp³-hybridized carbons (Fsp3) is 0.625. The fourth-order valence-corrected chi connectivity index (χ4v) is 0.720. The molecule has 0 amide bonds. The van der Waals surface area contributed by atoms with Gasteiger partial charge in [-0.2, -0.15) is 0 Å². The topological polar surface area (TPSA) is 61.3 Å². The summed E-state index contributed by atoms with van der Waals surface area (Å²) in [6.07, 6.45) is 2.37. The molecule has 0 bridgehead atoms. The van der Waals surface area contributed by atoms with Gasteiger partial charge in [-0.15, -0.1) is 6.58 Å². The van der Waals surface area contributed by atoms with Gasteiger partial charge in [-0.1, -0.05) is 6.08 Å². The molecule has 0 aromatic rings. The Bertz CT molecular complexity index is 141. The van der Waals surface area contributed by atoms with Gasteiger partial charge in [0.25, 0.3) is 0 Å². The number of hydrogen-bond donors (Lipinski definition) is 1. The lowest BCUT2D eigenvalue weighted by atomic mass is 9.90. The van der Waals surface area contributed by atoms with Gasteiger partial charge in [-0.3, -0.25) is 4.79 Å². The number of carbonyl (C=O) groups excluding carboxylic acids is 1. The molecular weight excluding hydrogens is 142 g/mol. The number of carbonyl (C=O) groups is 1. The van der Waals surface area contributed by atoms with Crippen molar-refractivity contribution < 1.29 is 9.53 Å². The van der Waals surface area contributed by atoms with Gasteiger partial charge in [0.2, 0.25) is 0 Å². The molecular formula is C8H17NO2. The molecule has 0 atom stereocenters. The highest BCUT2D eigenvalue weighted by atomic mass is 16.5. The summed E-state index contributed by atoms with van der Waals surface area (Å²) in [7, 11) is 1.40. The second kappa shape index (κ2) is 4.91. The Balaban J connectivity index is 0. The summed E-state index contributed by atoms with van der Waals surface area (Å²) < 4.78 is 4.58. The Morgan fingerprint density at radius 3 is 2.36 bits per heavy atom. The van der Waals surface area contributed by atoms with E-state index in [1.54, 1.807) is 6.08 Å². The van der Waals surface area contributed by atoms with Gasteiger partial charge < -0.3 is 10.9 Å². The SMILES string of the molecule is C=CCC(C)(C)C(=O)OC.N. The van der Waals surface area contributed by atoms with E-state index in [9.17, 15) is 4.79 Å². The first-order chi connectivity index (χ1) is 4.54. The Kier molecular flexibility index (Phi) is 5.71. The molecule has 0 aliphatic carbocycles. The smallest absolute Gasteiger partial charge is 0.311 e. The van der Waals surface area contributed by atoms with E-state index >= 15 is 0 Å². The molecule has 0 saturated carbocycles. The van der Waals surface area contributed by atoms with Crippen LogP contribution in [0.3, 0.4) is 0 Å². The maximum Gasteiger partial charge on any atom is 0.311 e. The average molecular weight is 159 g/mol. The molecule has 11 heavy (non-hydrogen) atoms. The van der Waals surface area contributed by atoms with Gasteiger partial charge >= 0.3 is 5.97 Å². The molecule has 0 aromatic heterocycles. The van der Waals surface area contributed by atoms with Crippen LogP contribution < -0.4 is 6.15 Å². The van der Waals surface area contributed by atoms with E-state index in [1.807, 2.05) is 13.8 Å². The summed E-state index contributed by atoms with van der Waals surface area (Å²) in [5.74, 6) is -0.188. The van der Waals surface area contributed by atoms with Crippen LogP contribution in [0.15, 0.2) is 12.7 Å². The van der Waals surface area contributed by atoms with Crippen molar-refractivity contribution >= 4 is 5.97 Å². The normalized spacial score (nSPS) is 9.73. The number of esters is 1. The highest BCUT2D eigenvalue weighted by Gasteiger charge is 2.26. The molecule has 0 aliphatic heterocycles. The lowest BCUT2D eigenvalue weighted by Gasteiger charge is -2.18. The summed E-state index contributed by atoms with van der Waals surface area (Å²) in [4.78, 5) is 11.0. The van der Waals surface area contributed by atoms with E-state index in [4.69, 9.17) is 0 Å². The number of allylic oxidation sites excluding steroid dienone is 1. The van der Waals surface area contributed by atoms with Crippen LogP contribution >= 0.6 is 0 Å². The number of ether oxygens (including phenoxy) is 1. The van der Waals surface area contributed by atoms with Gasteiger partial charge in [-0.25, -0.2) is 0 Å². The number of rotatable bonds is 3. The van der Waals surface area contributed by atoms with Crippen molar-refractivity contribution in [1.29, 1.82) is 0 Å². The van der Waals surface area contributed by atoms with E-state index in [-0.39, 0.29) is 12.1 Å². The second-order valence-corrected chi connectivity index (χ2v) is 2.87. The lowest BCUT2D eigenvalue weighted by molar-refractivity contribution is -0.150. The monoisotopic (exact) mass is 159 g/mol. The predicted octanol–water partition coefficient (Wildman–Crippen LogP) is 1.92. The lowest BCUT2D eigenvalue weighted by Crippen LogP contribution is -2.24. The summed E-state index contributed by atoms with van der Waals surface area (Å²) >= 11 is 0. The second-order valence-electron chi connectivity index (χ2n) is 2.87. The van der Waals surface area contributed by atoms with Crippen molar-refractivity contribution in [1.82, 2.24) is 6.15 Å². The molecule has 0 fully saturated rings. The molecule has 3 nitrogen and oxygen atoms in total. The van der Waals surface area contributed by atoms with Gasteiger partial charge in [-0.05, 0) is 20.3 Å².